The average Bonchev–Trinajstić information content (AvgIpc) is 2.62. The van der Waals surface area contributed by atoms with E-state index < -0.39 is 0 Å². The molecule has 1 aromatic rings. The fraction of sp³-hybridized carbons (Fsp3) is 0.533. The Bertz CT molecular complexity index is 471. The second-order valence-corrected chi connectivity index (χ2v) is 5.46. The van der Waals surface area contributed by atoms with E-state index in [0.29, 0.717) is 6.54 Å². The highest BCUT2D eigenvalue weighted by molar-refractivity contribution is 5.78. The summed E-state index contributed by atoms with van der Waals surface area (Å²) in [4.78, 5) is 14.0. The van der Waals surface area contributed by atoms with Crippen LogP contribution in [-0.2, 0) is 6.54 Å². The van der Waals surface area contributed by atoms with Crippen molar-refractivity contribution in [3.8, 4) is 5.75 Å². The Kier molecular flexibility index (Phi) is 3.69. The molecule has 0 aliphatic carbocycles. The largest absolute Gasteiger partial charge is 0.496 e. The molecule has 0 aromatic heterocycles. The molecule has 4 nitrogen and oxygen atoms in total. The Morgan fingerprint density at radius 1 is 1.37 bits per heavy atom. The van der Waals surface area contributed by atoms with Crippen LogP contribution in [0.15, 0.2) is 24.3 Å². The number of ether oxygens (including phenoxy) is 1. The highest BCUT2D eigenvalue weighted by Gasteiger charge is 2.44. The number of nitrogens with one attached hydrogen (secondary N) is 1. The second kappa shape index (κ2) is 5.11. The van der Waals surface area contributed by atoms with Gasteiger partial charge in [-0.2, -0.15) is 0 Å². The molecule has 2 amide bonds. The lowest BCUT2D eigenvalue weighted by Gasteiger charge is -2.34. The third kappa shape index (κ3) is 2.39. The summed E-state index contributed by atoms with van der Waals surface area (Å²) in [6, 6.07) is 8.02. The van der Waals surface area contributed by atoms with Gasteiger partial charge in [0.2, 0.25) is 0 Å². The molecule has 1 heterocycles. The number of urea groups is 1. The normalized spacial score (nSPS) is 21.4. The first-order valence-electron chi connectivity index (χ1n) is 6.70. The van der Waals surface area contributed by atoms with Crippen molar-refractivity contribution in [3.63, 3.8) is 0 Å². The van der Waals surface area contributed by atoms with Crippen molar-refractivity contribution in [1.82, 2.24) is 10.2 Å². The number of carbonyl (C=O) groups is 1. The molecule has 19 heavy (non-hydrogen) atoms. The van der Waals surface area contributed by atoms with Crippen LogP contribution in [0.4, 0.5) is 4.79 Å². The van der Waals surface area contributed by atoms with Gasteiger partial charge < -0.3 is 15.0 Å². The topological polar surface area (TPSA) is 41.6 Å². The van der Waals surface area contributed by atoms with E-state index in [1.165, 1.54) is 0 Å². The number of hydrogen-bond acceptors (Lipinski definition) is 2. The third-order valence-corrected chi connectivity index (χ3v) is 4.02. The minimum absolute atomic E-state index is 0.00255. The van der Waals surface area contributed by atoms with Crippen molar-refractivity contribution in [3.05, 3.63) is 29.8 Å². The predicted molar refractivity (Wildman–Crippen MR) is 75.2 cm³/mol. The van der Waals surface area contributed by atoms with Gasteiger partial charge in [-0.1, -0.05) is 25.1 Å². The molecule has 4 heteroatoms. The van der Waals surface area contributed by atoms with E-state index in [-0.39, 0.29) is 17.6 Å². The lowest BCUT2D eigenvalue weighted by Crippen LogP contribution is -2.45. The van der Waals surface area contributed by atoms with Crippen LogP contribution in [0, 0.1) is 0 Å². The van der Waals surface area contributed by atoms with Crippen LogP contribution >= 0.6 is 0 Å². The van der Waals surface area contributed by atoms with Gasteiger partial charge in [-0.3, -0.25) is 0 Å². The summed E-state index contributed by atoms with van der Waals surface area (Å²) >= 11 is 0. The van der Waals surface area contributed by atoms with Crippen LogP contribution in [0.5, 0.6) is 5.75 Å². The first-order chi connectivity index (χ1) is 9.00. The zero-order valence-corrected chi connectivity index (χ0v) is 12.1. The van der Waals surface area contributed by atoms with Gasteiger partial charge in [-0.05, 0) is 26.3 Å². The molecular formula is C15H22N2O2. The maximum atomic E-state index is 12.1. The van der Waals surface area contributed by atoms with E-state index in [9.17, 15) is 4.79 Å². The first-order valence-corrected chi connectivity index (χ1v) is 6.70. The van der Waals surface area contributed by atoms with E-state index in [4.69, 9.17) is 4.74 Å². The summed E-state index contributed by atoms with van der Waals surface area (Å²) in [5, 5.41) is 3.05. The zero-order valence-electron chi connectivity index (χ0n) is 12.1. The van der Waals surface area contributed by atoms with Gasteiger partial charge in [0.1, 0.15) is 5.75 Å². The third-order valence-electron chi connectivity index (χ3n) is 4.02. The van der Waals surface area contributed by atoms with E-state index in [1.54, 1.807) is 7.11 Å². The van der Waals surface area contributed by atoms with Crippen molar-refractivity contribution in [1.29, 1.82) is 0 Å². The summed E-state index contributed by atoms with van der Waals surface area (Å²) in [6.45, 7) is 6.88. The summed E-state index contributed by atoms with van der Waals surface area (Å²) in [5.74, 6) is 0.825. The van der Waals surface area contributed by atoms with Gasteiger partial charge in [0.25, 0.3) is 0 Å². The molecule has 1 N–H and O–H groups in total. The van der Waals surface area contributed by atoms with Crippen molar-refractivity contribution in [2.45, 2.75) is 45.3 Å². The molecule has 1 aliphatic heterocycles. The molecule has 1 atom stereocenters. The van der Waals surface area contributed by atoms with Gasteiger partial charge in [-0.15, -0.1) is 0 Å². The Balaban J connectivity index is 2.25. The van der Waals surface area contributed by atoms with Gasteiger partial charge in [0.15, 0.2) is 0 Å². The number of hydrogen-bond donors (Lipinski definition) is 1. The molecule has 1 unspecified atom stereocenters. The Morgan fingerprint density at radius 3 is 2.63 bits per heavy atom. The van der Waals surface area contributed by atoms with E-state index in [0.717, 1.165) is 17.7 Å². The van der Waals surface area contributed by atoms with E-state index >= 15 is 0 Å². The fourth-order valence-corrected chi connectivity index (χ4v) is 2.73. The number of methoxy groups -OCH3 is 1. The molecule has 1 aromatic carbocycles. The van der Waals surface area contributed by atoms with Gasteiger partial charge in [0, 0.05) is 5.56 Å². The molecular weight excluding hydrogens is 240 g/mol. The van der Waals surface area contributed by atoms with E-state index in [2.05, 4.69) is 26.1 Å². The molecule has 1 aliphatic rings. The summed E-state index contributed by atoms with van der Waals surface area (Å²) in [7, 11) is 1.66. The monoisotopic (exact) mass is 262 g/mol. The Labute approximate surface area is 114 Å². The molecule has 104 valence electrons. The highest BCUT2D eigenvalue weighted by Crippen LogP contribution is 2.31. The van der Waals surface area contributed by atoms with Crippen LogP contribution in [0.3, 0.4) is 0 Å². The molecule has 0 radical (unpaired) electrons. The van der Waals surface area contributed by atoms with Crippen molar-refractivity contribution in [2.75, 3.05) is 7.11 Å². The molecule has 0 bridgehead atoms. The average molecular weight is 262 g/mol. The van der Waals surface area contributed by atoms with Crippen molar-refractivity contribution >= 4 is 6.03 Å². The van der Waals surface area contributed by atoms with Crippen molar-refractivity contribution < 1.29 is 9.53 Å². The second-order valence-electron chi connectivity index (χ2n) is 5.46. The van der Waals surface area contributed by atoms with Crippen LogP contribution < -0.4 is 10.1 Å². The SMILES string of the molecule is CCC1NC(=O)N(Cc2ccccc2OC)C1(C)C. The number of amides is 2. The lowest BCUT2D eigenvalue weighted by molar-refractivity contribution is 0.156. The van der Waals surface area contributed by atoms with Crippen LogP contribution in [0.25, 0.3) is 0 Å². The van der Waals surface area contributed by atoms with Crippen molar-refractivity contribution in [2.24, 2.45) is 0 Å². The Hall–Kier alpha value is -1.71. The van der Waals surface area contributed by atoms with Crippen LogP contribution in [0.1, 0.15) is 32.8 Å². The summed E-state index contributed by atoms with van der Waals surface area (Å²) in [5.41, 5.74) is 0.845. The number of rotatable bonds is 4. The highest BCUT2D eigenvalue weighted by atomic mass is 16.5. The molecule has 0 spiro atoms. The summed E-state index contributed by atoms with van der Waals surface area (Å²) < 4.78 is 5.35. The van der Waals surface area contributed by atoms with Gasteiger partial charge in [-0.25, -0.2) is 4.79 Å². The maximum Gasteiger partial charge on any atom is 0.318 e. The molecule has 2 rings (SSSR count). The lowest BCUT2D eigenvalue weighted by atomic mass is 9.92. The number of benzene rings is 1. The van der Waals surface area contributed by atoms with Gasteiger partial charge >= 0.3 is 6.03 Å². The smallest absolute Gasteiger partial charge is 0.318 e. The van der Waals surface area contributed by atoms with E-state index in [1.807, 2.05) is 29.2 Å². The fourth-order valence-electron chi connectivity index (χ4n) is 2.73. The number of carbonyl (C=O) groups excluding carboxylic acids is 1. The summed E-state index contributed by atoms with van der Waals surface area (Å²) in [6.07, 6.45) is 0.932. The standard InChI is InChI=1S/C15H22N2O2/c1-5-13-15(2,3)17(14(18)16-13)10-11-8-6-7-9-12(11)19-4/h6-9,13H,5,10H2,1-4H3,(H,16,18). The first kappa shape index (κ1) is 13.7. The number of nitrogens with zero attached hydrogens (tertiary/aromatic N) is 1. The minimum atomic E-state index is -0.188. The van der Waals surface area contributed by atoms with Gasteiger partial charge in [0.05, 0.1) is 25.2 Å². The molecule has 1 fully saturated rings. The van der Waals surface area contributed by atoms with Crippen LogP contribution in [0.2, 0.25) is 0 Å². The Morgan fingerprint density at radius 2 is 2.05 bits per heavy atom. The maximum absolute atomic E-state index is 12.1. The van der Waals surface area contributed by atoms with Crippen LogP contribution in [-0.4, -0.2) is 29.6 Å². The zero-order chi connectivity index (χ0) is 14.0. The quantitative estimate of drug-likeness (QED) is 0.906. The number of para-hydroxylation sites is 1. The molecule has 1 saturated heterocycles. The molecule has 0 saturated carbocycles. The predicted octanol–water partition coefficient (Wildman–Crippen LogP) is 2.78. The minimum Gasteiger partial charge on any atom is -0.496 e.